The highest BCUT2D eigenvalue weighted by molar-refractivity contribution is 6.10. The van der Waals surface area contributed by atoms with E-state index in [0.29, 0.717) is 11.1 Å². The van der Waals surface area contributed by atoms with Crippen LogP contribution in [0.4, 0.5) is 22.7 Å². The molecule has 0 aliphatic heterocycles. The molecule has 3 aromatic rings. The maximum atomic E-state index is 12.2. The lowest BCUT2D eigenvalue weighted by Gasteiger charge is -2.11. The number of nitro groups is 2. The highest BCUT2D eigenvalue weighted by atomic mass is 16.6. The van der Waals surface area contributed by atoms with Crippen LogP contribution in [-0.4, -0.2) is 46.4 Å². The highest BCUT2D eigenvalue weighted by Crippen LogP contribution is 2.36. The summed E-state index contributed by atoms with van der Waals surface area (Å²) in [6.07, 6.45) is -0.481. The number of anilines is 2. The van der Waals surface area contributed by atoms with Gasteiger partial charge in [-0.1, -0.05) is 60.7 Å². The van der Waals surface area contributed by atoms with Crippen LogP contribution in [0.1, 0.15) is 37.8 Å². The minimum Gasteiger partial charge on any atom is -0.466 e. The van der Waals surface area contributed by atoms with Gasteiger partial charge in [0, 0.05) is 6.07 Å². The van der Waals surface area contributed by atoms with E-state index < -0.39 is 33.2 Å². The Kier molecular flexibility index (Phi) is 11.2. The van der Waals surface area contributed by atoms with Gasteiger partial charge in [-0.25, -0.2) is 0 Å². The molecule has 0 amide bonds. The molecule has 0 saturated heterocycles. The van der Waals surface area contributed by atoms with E-state index in [1.807, 2.05) is 0 Å². The van der Waals surface area contributed by atoms with E-state index in [0.717, 1.165) is 12.1 Å². The molecule has 0 saturated carbocycles. The van der Waals surface area contributed by atoms with Crippen molar-refractivity contribution in [2.24, 2.45) is 10.2 Å². The number of nitro benzene ring substituents is 2. The third-order valence-corrected chi connectivity index (χ3v) is 5.58. The van der Waals surface area contributed by atoms with Crippen LogP contribution in [0.5, 0.6) is 0 Å². The first-order chi connectivity index (χ1) is 20.2. The number of esters is 2. The zero-order chi connectivity index (χ0) is 30.5. The SMILES string of the molecule is CCOC(=O)C/C(=N/Nc1cc(N/N=C(/CC(=O)OCC)c2ccccc2)c([N+](=O)[O-])cc1[N+](=O)[O-])c1ccccc1. The third kappa shape index (κ3) is 8.67. The van der Waals surface area contributed by atoms with E-state index in [-0.39, 0.29) is 48.9 Å². The van der Waals surface area contributed by atoms with Gasteiger partial charge in [-0.3, -0.25) is 40.7 Å². The van der Waals surface area contributed by atoms with E-state index in [9.17, 15) is 29.8 Å². The van der Waals surface area contributed by atoms with Crippen molar-refractivity contribution in [1.29, 1.82) is 0 Å². The number of hydrogen-bond acceptors (Lipinski definition) is 12. The van der Waals surface area contributed by atoms with Crippen molar-refractivity contribution in [1.82, 2.24) is 0 Å². The molecular formula is C28H28N6O8. The second kappa shape index (κ2) is 15.2. The smallest absolute Gasteiger partial charge is 0.311 e. The second-order valence-electron chi connectivity index (χ2n) is 8.44. The van der Waals surface area contributed by atoms with Gasteiger partial charge in [-0.2, -0.15) is 10.2 Å². The Bertz CT molecular complexity index is 1380. The maximum absolute atomic E-state index is 12.2. The third-order valence-electron chi connectivity index (χ3n) is 5.58. The van der Waals surface area contributed by atoms with Crippen LogP contribution in [0.15, 0.2) is 83.0 Å². The topological polar surface area (TPSA) is 188 Å². The van der Waals surface area contributed by atoms with Crippen molar-refractivity contribution >= 4 is 46.1 Å². The van der Waals surface area contributed by atoms with Gasteiger partial charge in [-0.05, 0) is 25.0 Å². The first-order valence-corrected chi connectivity index (χ1v) is 12.8. The lowest BCUT2D eigenvalue weighted by atomic mass is 10.1. The molecule has 0 unspecified atom stereocenters. The predicted octanol–water partition coefficient (Wildman–Crippen LogP) is 5.04. The van der Waals surface area contributed by atoms with Crippen molar-refractivity contribution < 1.29 is 28.9 Å². The average molecular weight is 577 g/mol. The van der Waals surface area contributed by atoms with Gasteiger partial charge < -0.3 is 9.47 Å². The largest absolute Gasteiger partial charge is 0.466 e. The molecule has 0 aliphatic carbocycles. The summed E-state index contributed by atoms with van der Waals surface area (Å²) in [5.41, 5.74) is 4.97. The number of hydrazone groups is 2. The minimum atomic E-state index is -0.804. The normalized spacial score (nSPS) is 11.4. The highest BCUT2D eigenvalue weighted by Gasteiger charge is 2.25. The molecule has 0 heterocycles. The fraction of sp³-hybridized carbons (Fsp3) is 0.214. The Balaban J connectivity index is 2.06. The van der Waals surface area contributed by atoms with Crippen molar-refractivity contribution in [2.75, 3.05) is 24.1 Å². The zero-order valence-electron chi connectivity index (χ0n) is 22.8. The van der Waals surface area contributed by atoms with Crippen LogP contribution >= 0.6 is 0 Å². The van der Waals surface area contributed by atoms with Gasteiger partial charge in [0.25, 0.3) is 0 Å². The van der Waals surface area contributed by atoms with Crippen molar-refractivity contribution in [3.63, 3.8) is 0 Å². The van der Waals surface area contributed by atoms with E-state index >= 15 is 0 Å². The van der Waals surface area contributed by atoms with Crippen LogP contribution in [0, 0.1) is 20.2 Å². The van der Waals surface area contributed by atoms with Gasteiger partial charge in [0.05, 0.1) is 53.4 Å². The molecule has 218 valence electrons. The number of carbonyl (C=O) groups is 2. The summed E-state index contributed by atoms with van der Waals surface area (Å²) in [6, 6.07) is 19.1. The number of carbonyl (C=O) groups excluding carboxylic acids is 2. The zero-order valence-corrected chi connectivity index (χ0v) is 22.8. The molecule has 0 fully saturated rings. The Morgan fingerprint density at radius 1 is 0.690 bits per heavy atom. The number of benzene rings is 3. The molecule has 14 heteroatoms. The van der Waals surface area contributed by atoms with E-state index in [1.54, 1.807) is 74.5 Å². The molecule has 3 rings (SSSR count). The van der Waals surface area contributed by atoms with E-state index in [2.05, 4.69) is 21.1 Å². The summed E-state index contributed by atoms with van der Waals surface area (Å²) < 4.78 is 10.0. The van der Waals surface area contributed by atoms with Crippen LogP contribution in [0.3, 0.4) is 0 Å². The number of hydrogen-bond donors (Lipinski definition) is 2. The number of ether oxygens (including phenoxy) is 2. The summed E-state index contributed by atoms with van der Waals surface area (Å²) in [4.78, 5) is 46.5. The fourth-order valence-corrected chi connectivity index (χ4v) is 3.68. The summed E-state index contributed by atoms with van der Waals surface area (Å²) in [5, 5.41) is 32.1. The average Bonchev–Trinajstić information content (AvgIpc) is 2.98. The Labute approximate surface area is 240 Å². The van der Waals surface area contributed by atoms with Crippen LogP contribution < -0.4 is 10.9 Å². The molecule has 42 heavy (non-hydrogen) atoms. The van der Waals surface area contributed by atoms with Crippen molar-refractivity contribution in [2.45, 2.75) is 26.7 Å². The molecule has 3 aromatic carbocycles. The van der Waals surface area contributed by atoms with Gasteiger partial charge in [-0.15, -0.1) is 0 Å². The summed E-state index contributed by atoms with van der Waals surface area (Å²) >= 11 is 0. The van der Waals surface area contributed by atoms with Gasteiger partial charge in [0.2, 0.25) is 0 Å². The summed E-state index contributed by atoms with van der Waals surface area (Å²) in [6.45, 7) is 3.61. The first kappa shape index (κ1) is 30.9. The molecule has 0 bridgehead atoms. The summed E-state index contributed by atoms with van der Waals surface area (Å²) in [5.74, 6) is -1.13. The Morgan fingerprint density at radius 2 is 1.07 bits per heavy atom. The lowest BCUT2D eigenvalue weighted by molar-refractivity contribution is -0.393. The Morgan fingerprint density at radius 3 is 1.40 bits per heavy atom. The van der Waals surface area contributed by atoms with Gasteiger partial charge >= 0.3 is 23.3 Å². The van der Waals surface area contributed by atoms with E-state index in [4.69, 9.17) is 9.47 Å². The maximum Gasteiger partial charge on any atom is 0.311 e. The molecule has 14 nitrogen and oxygen atoms in total. The van der Waals surface area contributed by atoms with Crippen LogP contribution in [-0.2, 0) is 19.1 Å². The van der Waals surface area contributed by atoms with Crippen LogP contribution in [0.25, 0.3) is 0 Å². The number of nitrogens with zero attached hydrogens (tertiary/aromatic N) is 4. The van der Waals surface area contributed by atoms with Gasteiger partial charge in [0.15, 0.2) is 0 Å². The molecule has 0 aliphatic rings. The Hall–Kier alpha value is -5.66. The molecular weight excluding hydrogens is 548 g/mol. The van der Waals surface area contributed by atoms with Crippen LogP contribution in [0.2, 0.25) is 0 Å². The van der Waals surface area contributed by atoms with E-state index in [1.165, 1.54) is 0 Å². The molecule has 2 N–H and O–H groups in total. The quantitative estimate of drug-likeness (QED) is 0.114. The number of nitrogens with one attached hydrogen (secondary N) is 2. The predicted molar refractivity (Wildman–Crippen MR) is 155 cm³/mol. The molecule has 0 spiro atoms. The van der Waals surface area contributed by atoms with Crippen molar-refractivity contribution in [3.8, 4) is 0 Å². The standard InChI is InChI=1S/C28H28N6O8/c1-3-41-27(35)16-21(19-11-7-5-8-12-19)29-31-23-15-24(26(34(39)40)18-25(23)33(37)38)32-30-22(17-28(36)42-4-2)20-13-9-6-10-14-20/h5-15,18,31-32H,3-4,16-17H2,1-2H3/b29-21-,30-22-. The second-order valence-corrected chi connectivity index (χ2v) is 8.44. The monoisotopic (exact) mass is 576 g/mol. The fourth-order valence-electron chi connectivity index (χ4n) is 3.68. The molecule has 0 atom stereocenters. The molecule has 0 radical (unpaired) electrons. The van der Waals surface area contributed by atoms with Crippen molar-refractivity contribution in [3.05, 3.63) is 104 Å². The summed E-state index contributed by atoms with van der Waals surface area (Å²) in [7, 11) is 0. The number of rotatable bonds is 14. The lowest BCUT2D eigenvalue weighted by Crippen LogP contribution is -2.14. The first-order valence-electron chi connectivity index (χ1n) is 12.8. The van der Waals surface area contributed by atoms with Gasteiger partial charge in [0.1, 0.15) is 11.4 Å². The minimum absolute atomic E-state index is 0.152. The molecule has 0 aromatic heterocycles.